The van der Waals surface area contributed by atoms with Gasteiger partial charge in [-0.2, -0.15) is 0 Å². The van der Waals surface area contributed by atoms with Crippen molar-refractivity contribution >= 4 is 32.4 Å². The molecule has 3 heterocycles. The van der Waals surface area contributed by atoms with Crippen molar-refractivity contribution < 1.29 is 17.5 Å². The second-order valence-electron chi connectivity index (χ2n) is 7.61. The summed E-state index contributed by atoms with van der Waals surface area (Å²) in [7, 11) is -1.08. The molecule has 0 fully saturated rings. The Morgan fingerprint density at radius 2 is 1.88 bits per heavy atom. The average molecular weight is 482 g/mol. The highest BCUT2D eigenvalue weighted by molar-refractivity contribution is 7.92. The Morgan fingerprint density at radius 3 is 2.59 bits per heavy atom. The Kier molecular flexibility index (Phi) is 6.34. The Bertz CT molecular complexity index is 1490. The predicted octanol–water partition coefficient (Wildman–Crippen LogP) is 4.55. The summed E-state index contributed by atoms with van der Waals surface area (Å²) in [6.45, 7) is 3.66. The lowest BCUT2D eigenvalue weighted by atomic mass is 10.0. The number of ether oxygens (including phenoxy) is 1. The molecule has 0 aliphatic rings. The first-order valence-corrected chi connectivity index (χ1v) is 12.1. The van der Waals surface area contributed by atoms with Crippen molar-refractivity contribution in [1.29, 1.82) is 0 Å². The molecule has 0 bridgehead atoms. The number of hydrogen-bond donors (Lipinski definition) is 2. The summed E-state index contributed by atoms with van der Waals surface area (Å²) in [5, 5.41) is 3.70. The minimum Gasteiger partial charge on any atom is -0.480 e. The molecule has 34 heavy (non-hydrogen) atoms. The highest BCUT2D eigenvalue weighted by Gasteiger charge is 2.24. The summed E-state index contributed by atoms with van der Waals surface area (Å²) in [4.78, 5) is 12.8. The Balaban J connectivity index is 1.77. The molecule has 0 spiro atoms. The van der Waals surface area contributed by atoms with Crippen LogP contribution in [0.2, 0.25) is 0 Å². The van der Waals surface area contributed by atoms with Gasteiger partial charge in [-0.15, -0.1) is 0 Å². The molecular formula is C24H24FN5O3S. The number of hydrogen-bond acceptors (Lipinski definition) is 7. The van der Waals surface area contributed by atoms with Crippen LogP contribution in [0, 0.1) is 12.7 Å². The van der Waals surface area contributed by atoms with Gasteiger partial charge in [0.2, 0.25) is 5.88 Å². The number of fused-ring (bicyclic) bond motifs is 1. The normalized spacial score (nSPS) is 11.4. The first kappa shape index (κ1) is 23.4. The SMILES string of the molecule is CCc1cnc(OC)c(S(=O)(=O)Nc2cccc(-c3cc4cnc(NC)cc4nc3C)c2F)c1. The van der Waals surface area contributed by atoms with Crippen molar-refractivity contribution in [3.63, 3.8) is 0 Å². The lowest BCUT2D eigenvalue weighted by Crippen LogP contribution is -2.16. The lowest BCUT2D eigenvalue weighted by Gasteiger charge is -2.15. The molecule has 1 aromatic carbocycles. The first-order valence-electron chi connectivity index (χ1n) is 10.6. The molecule has 0 amide bonds. The van der Waals surface area contributed by atoms with E-state index in [0.717, 1.165) is 5.39 Å². The van der Waals surface area contributed by atoms with Gasteiger partial charge in [-0.3, -0.25) is 9.71 Å². The molecule has 0 saturated carbocycles. The second-order valence-corrected chi connectivity index (χ2v) is 9.26. The zero-order valence-corrected chi connectivity index (χ0v) is 20.0. The van der Waals surface area contributed by atoms with Gasteiger partial charge in [0.25, 0.3) is 10.0 Å². The fraction of sp³-hybridized carbons (Fsp3) is 0.208. The van der Waals surface area contributed by atoms with E-state index in [9.17, 15) is 8.42 Å². The monoisotopic (exact) mass is 481 g/mol. The van der Waals surface area contributed by atoms with Crippen molar-refractivity contribution in [2.45, 2.75) is 25.2 Å². The molecule has 3 aromatic heterocycles. The van der Waals surface area contributed by atoms with Crippen LogP contribution in [0.4, 0.5) is 15.9 Å². The molecule has 0 saturated heterocycles. The van der Waals surface area contributed by atoms with Crippen LogP contribution in [0.25, 0.3) is 22.0 Å². The molecule has 10 heteroatoms. The van der Waals surface area contributed by atoms with Crippen LogP contribution in [0.1, 0.15) is 18.2 Å². The lowest BCUT2D eigenvalue weighted by molar-refractivity contribution is 0.385. The number of halogens is 1. The van der Waals surface area contributed by atoms with Crippen LogP contribution in [-0.4, -0.2) is 37.5 Å². The number of sulfonamides is 1. The minimum atomic E-state index is -4.17. The molecule has 0 atom stereocenters. The molecule has 0 unspecified atom stereocenters. The maximum absolute atomic E-state index is 15.6. The van der Waals surface area contributed by atoms with E-state index < -0.39 is 15.8 Å². The van der Waals surface area contributed by atoms with Crippen LogP contribution in [0.15, 0.2) is 53.7 Å². The third-order valence-electron chi connectivity index (χ3n) is 5.45. The van der Waals surface area contributed by atoms with Gasteiger partial charge >= 0.3 is 0 Å². The van der Waals surface area contributed by atoms with Gasteiger partial charge in [0.05, 0.1) is 18.3 Å². The standard InChI is InChI=1S/C24H24FN5O3S/c1-5-15-9-21(24(33-4)28-12-15)34(31,32)30-19-8-6-7-17(23(19)25)18-10-16-13-27-22(26-3)11-20(16)29-14(18)2/h6-13,30H,5H2,1-4H3,(H,26,27). The zero-order valence-electron chi connectivity index (χ0n) is 19.2. The van der Waals surface area contributed by atoms with Crippen molar-refractivity contribution in [1.82, 2.24) is 15.0 Å². The number of aromatic nitrogens is 3. The van der Waals surface area contributed by atoms with E-state index in [2.05, 4.69) is 25.0 Å². The highest BCUT2D eigenvalue weighted by Crippen LogP contribution is 2.33. The van der Waals surface area contributed by atoms with Crippen LogP contribution >= 0.6 is 0 Å². The van der Waals surface area contributed by atoms with Gasteiger partial charge in [0.1, 0.15) is 10.7 Å². The van der Waals surface area contributed by atoms with Crippen LogP contribution in [-0.2, 0) is 16.4 Å². The Morgan fingerprint density at radius 1 is 1.09 bits per heavy atom. The summed E-state index contributed by atoms with van der Waals surface area (Å²) in [5.41, 5.74) is 2.59. The van der Waals surface area contributed by atoms with E-state index in [0.29, 0.717) is 34.6 Å². The summed E-state index contributed by atoms with van der Waals surface area (Å²) >= 11 is 0. The summed E-state index contributed by atoms with van der Waals surface area (Å²) in [5.74, 6) is -0.107. The molecule has 0 aliphatic carbocycles. The van der Waals surface area contributed by atoms with Crippen molar-refractivity contribution in [2.75, 3.05) is 24.2 Å². The topological polar surface area (TPSA) is 106 Å². The van der Waals surface area contributed by atoms with Crippen LogP contribution in [0.3, 0.4) is 0 Å². The van der Waals surface area contributed by atoms with E-state index >= 15 is 4.39 Å². The molecule has 2 N–H and O–H groups in total. The van der Waals surface area contributed by atoms with Gasteiger partial charge in [-0.25, -0.2) is 22.8 Å². The number of pyridine rings is 3. The molecule has 0 radical (unpaired) electrons. The maximum atomic E-state index is 15.6. The highest BCUT2D eigenvalue weighted by atomic mass is 32.2. The predicted molar refractivity (Wildman–Crippen MR) is 130 cm³/mol. The van der Waals surface area contributed by atoms with Crippen LogP contribution in [0.5, 0.6) is 5.88 Å². The largest absolute Gasteiger partial charge is 0.480 e. The fourth-order valence-electron chi connectivity index (χ4n) is 3.60. The Labute approximate surface area is 197 Å². The van der Waals surface area contributed by atoms with Crippen LogP contribution < -0.4 is 14.8 Å². The molecular weight excluding hydrogens is 457 g/mol. The Hall–Kier alpha value is -3.79. The molecule has 4 aromatic rings. The van der Waals surface area contributed by atoms with E-state index in [1.54, 1.807) is 50.6 Å². The molecule has 8 nitrogen and oxygen atoms in total. The van der Waals surface area contributed by atoms with Crippen molar-refractivity contribution in [3.8, 4) is 17.0 Å². The molecule has 0 aliphatic heterocycles. The summed E-state index contributed by atoms with van der Waals surface area (Å²) < 4.78 is 49.3. The zero-order chi connectivity index (χ0) is 24.5. The van der Waals surface area contributed by atoms with E-state index in [1.165, 1.54) is 19.2 Å². The maximum Gasteiger partial charge on any atom is 0.267 e. The number of anilines is 2. The number of benzene rings is 1. The molecule has 176 valence electrons. The molecule has 4 rings (SSSR count). The number of nitrogens with one attached hydrogen (secondary N) is 2. The van der Waals surface area contributed by atoms with E-state index in [1.807, 2.05) is 6.92 Å². The quantitative estimate of drug-likeness (QED) is 0.399. The van der Waals surface area contributed by atoms with Gasteiger partial charge in [0.15, 0.2) is 5.82 Å². The van der Waals surface area contributed by atoms with E-state index in [-0.39, 0.29) is 22.0 Å². The van der Waals surface area contributed by atoms with Crippen molar-refractivity contribution in [3.05, 3.63) is 65.9 Å². The second kappa shape index (κ2) is 9.22. The summed E-state index contributed by atoms with van der Waals surface area (Å²) in [6.07, 6.45) is 3.78. The summed E-state index contributed by atoms with van der Waals surface area (Å²) in [6, 6.07) is 9.60. The van der Waals surface area contributed by atoms with Gasteiger partial charge in [-0.1, -0.05) is 19.1 Å². The minimum absolute atomic E-state index is 0.0655. The van der Waals surface area contributed by atoms with E-state index in [4.69, 9.17) is 4.74 Å². The van der Waals surface area contributed by atoms with Gasteiger partial charge < -0.3 is 10.1 Å². The van der Waals surface area contributed by atoms with Gasteiger partial charge in [-0.05, 0) is 37.1 Å². The fourth-order valence-corrected chi connectivity index (χ4v) is 4.83. The smallest absolute Gasteiger partial charge is 0.267 e. The van der Waals surface area contributed by atoms with Gasteiger partial charge in [0, 0.05) is 47.7 Å². The first-order chi connectivity index (χ1) is 16.3. The number of nitrogens with zero attached hydrogens (tertiary/aromatic N) is 3. The third-order valence-corrected chi connectivity index (χ3v) is 6.81. The van der Waals surface area contributed by atoms with Crippen molar-refractivity contribution in [2.24, 2.45) is 0 Å². The average Bonchev–Trinajstić information content (AvgIpc) is 2.84. The number of aryl methyl sites for hydroxylation is 2. The third kappa shape index (κ3) is 4.36. The number of methoxy groups -OCH3 is 1. The number of rotatable bonds is 7.